The summed E-state index contributed by atoms with van der Waals surface area (Å²) >= 11 is 0. The second-order valence-electron chi connectivity index (χ2n) is 3.10. The summed E-state index contributed by atoms with van der Waals surface area (Å²) in [6.07, 6.45) is -4.83. The van der Waals surface area contributed by atoms with Crippen LogP contribution in [0.2, 0.25) is 0 Å². The molecule has 0 saturated carbocycles. The Morgan fingerprint density at radius 2 is 2.21 bits per heavy atom. The molecule has 1 heterocycles. The van der Waals surface area contributed by atoms with Crippen LogP contribution >= 0.6 is 0 Å². The van der Waals surface area contributed by atoms with Crippen molar-refractivity contribution in [3.63, 3.8) is 0 Å². The molecule has 0 fully saturated rings. The average molecular weight is 277 g/mol. The van der Waals surface area contributed by atoms with Crippen molar-refractivity contribution in [2.24, 2.45) is 0 Å². The van der Waals surface area contributed by atoms with Crippen molar-refractivity contribution >= 4 is 5.69 Å². The largest absolute Gasteiger partial charge is 0.574 e. The van der Waals surface area contributed by atoms with Crippen molar-refractivity contribution in [3.8, 4) is 17.7 Å². The van der Waals surface area contributed by atoms with Crippen LogP contribution < -0.4 is 9.47 Å². The second kappa shape index (κ2) is 5.38. The maximum Gasteiger partial charge on any atom is 0.574 e. The van der Waals surface area contributed by atoms with Crippen LogP contribution in [0.15, 0.2) is 6.20 Å². The van der Waals surface area contributed by atoms with E-state index in [1.54, 1.807) is 6.07 Å². The third kappa shape index (κ3) is 3.44. The zero-order chi connectivity index (χ0) is 14.6. The highest BCUT2D eigenvalue weighted by atomic mass is 19.4. The highest BCUT2D eigenvalue weighted by molar-refractivity contribution is 5.55. The van der Waals surface area contributed by atoms with Gasteiger partial charge in [0.05, 0.1) is 36.3 Å². The van der Waals surface area contributed by atoms with Crippen molar-refractivity contribution in [2.45, 2.75) is 12.8 Å². The Hall–Kier alpha value is -2.57. The molecule has 0 aliphatic rings. The first-order chi connectivity index (χ1) is 8.80. The minimum atomic E-state index is -5.13. The number of alkyl halides is 3. The lowest BCUT2D eigenvalue weighted by Gasteiger charge is -2.11. The summed E-state index contributed by atoms with van der Waals surface area (Å²) in [4.78, 5) is 12.9. The topological polar surface area (TPSA) is 98.3 Å². The van der Waals surface area contributed by atoms with E-state index in [4.69, 9.17) is 10.00 Å². The Morgan fingerprint density at radius 1 is 1.58 bits per heavy atom. The van der Waals surface area contributed by atoms with Crippen LogP contribution in [-0.4, -0.2) is 23.4 Å². The Balaban J connectivity index is 3.45. The van der Waals surface area contributed by atoms with Crippen LogP contribution in [-0.2, 0) is 6.42 Å². The summed E-state index contributed by atoms with van der Waals surface area (Å²) in [5.74, 6) is -1.40. The van der Waals surface area contributed by atoms with Crippen molar-refractivity contribution in [1.29, 1.82) is 5.26 Å². The van der Waals surface area contributed by atoms with Gasteiger partial charge >= 0.3 is 17.9 Å². The molecular weight excluding hydrogens is 271 g/mol. The van der Waals surface area contributed by atoms with Gasteiger partial charge in [0.1, 0.15) is 5.75 Å². The number of nitriles is 1. The summed E-state index contributed by atoms with van der Waals surface area (Å²) in [5.41, 5.74) is -1.37. The molecule has 0 aliphatic heterocycles. The lowest BCUT2D eigenvalue weighted by molar-refractivity contribution is -0.389. The van der Waals surface area contributed by atoms with E-state index in [0.29, 0.717) is 0 Å². The highest BCUT2D eigenvalue weighted by Gasteiger charge is 2.37. The van der Waals surface area contributed by atoms with Gasteiger partial charge in [0.25, 0.3) is 0 Å². The molecule has 0 aromatic carbocycles. The van der Waals surface area contributed by atoms with E-state index in [9.17, 15) is 23.3 Å². The number of nitro groups is 1. The summed E-state index contributed by atoms with van der Waals surface area (Å²) in [6, 6.07) is 1.60. The molecule has 1 aromatic rings. The van der Waals surface area contributed by atoms with Gasteiger partial charge in [-0.3, -0.25) is 10.1 Å². The van der Waals surface area contributed by atoms with E-state index in [0.717, 1.165) is 13.3 Å². The monoisotopic (exact) mass is 277 g/mol. The van der Waals surface area contributed by atoms with Crippen molar-refractivity contribution in [1.82, 2.24) is 4.98 Å². The lowest BCUT2D eigenvalue weighted by Crippen LogP contribution is -2.19. The highest BCUT2D eigenvalue weighted by Crippen LogP contribution is 2.37. The molecule has 0 radical (unpaired) electrons. The molecule has 0 atom stereocenters. The number of rotatable bonds is 4. The van der Waals surface area contributed by atoms with Crippen LogP contribution in [0.5, 0.6) is 11.6 Å². The molecule has 0 amide bonds. The zero-order valence-corrected chi connectivity index (χ0v) is 9.39. The fourth-order valence-electron chi connectivity index (χ4n) is 1.30. The smallest absolute Gasteiger partial charge is 0.495 e. The van der Waals surface area contributed by atoms with Crippen molar-refractivity contribution in [2.75, 3.05) is 7.11 Å². The number of methoxy groups -OCH3 is 1. The number of hydrogen-bond donors (Lipinski definition) is 0. The van der Waals surface area contributed by atoms with Crippen LogP contribution in [0.1, 0.15) is 5.56 Å². The number of nitrogens with zero attached hydrogens (tertiary/aromatic N) is 3. The van der Waals surface area contributed by atoms with Gasteiger partial charge in [-0.25, -0.2) is 4.98 Å². The fraction of sp³-hybridized carbons (Fsp3) is 0.333. The number of halogens is 3. The summed E-state index contributed by atoms with van der Waals surface area (Å²) in [5, 5.41) is 19.4. The molecule has 1 aromatic heterocycles. The number of aromatic nitrogens is 1. The predicted molar refractivity (Wildman–Crippen MR) is 53.4 cm³/mol. The van der Waals surface area contributed by atoms with Gasteiger partial charge in [-0.1, -0.05) is 0 Å². The van der Waals surface area contributed by atoms with Gasteiger partial charge in [-0.2, -0.15) is 5.26 Å². The van der Waals surface area contributed by atoms with E-state index in [-0.39, 0.29) is 11.3 Å². The summed E-state index contributed by atoms with van der Waals surface area (Å²) < 4.78 is 44.5. The molecule has 0 N–H and O–H groups in total. The molecule has 0 bridgehead atoms. The molecule has 0 aliphatic carbocycles. The first kappa shape index (κ1) is 14.5. The van der Waals surface area contributed by atoms with Crippen molar-refractivity contribution in [3.05, 3.63) is 21.9 Å². The third-order valence-corrected chi connectivity index (χ3v) is 1.96. The molecule has 7 nitrogen and oxygen atoms in total. The quantitative estimate of drug-likeness (QED) is 0.616. The van der Waals surface area contributed by atoms with E-state index < -0.39 is 29.3 Å². The van der Waals surface area contributed by atoms with E-state index in [1.165, 1.54) is 0 Å². The number of hydrogen-bond acceptors (Lipinski definition) is 6. The first-order valence-corrected chi connectivity index (χ1v) is 4.63. The number of pyridine rings is 1. The SMILES string of the molecule is COc1cnc(OC(F)(F)F)c([N+](=O)[O-])c1CC#N. The zero-order valence-electron chi connectivity index (χ0n) is 9.39. The van der Waals surface area contributed by atoms with Gasteiger partial charge in [-0.05, 0) is 0 Å². The standard InChI is InChI=1S/C9H6F3N3O4/c1-18-6-4-14-8(19-9(10,11)12)7(15(16)17)5(6)2-3-13/h4H,2H2,1H3. The van der Waals surface area contributed by atoms with Gasteiger partial charge in [0.2, 0.25) is 0 Å². The van der Waals surface area contributed by atoms with Crippen LogP contribution in [0.3, 0.4) is 0 Å². The van der Waals surface area contributed by atoms with Crippen LogP contribution in [0.4, 0.5) is 18.9 Å². The predicted octanol–water partition coefficient (Wildman–Crippen LogP) is 1.96. The normalized spacial score (nSPS) is 10.7. The molecule has 0 saturated heterocycles. The summed E-state index contributed by atoms with van der Waals surface area (Å²) in [7, 11) is 1.14. The molecule has 0 unspecified atom stereocenters. The van der Waals surface area contributed by atoms with Gasteiger partial charge in [-0.15, -0.1) is 13.2 Å². The second-order valence-corrected chi connectivity index (χ2v) is 3.10. The van der Waals surface area contributed by atoms with Gasteiger partial charge in [0, 0.05) is 0 Å². The molecule has 10 heteroatoms. The van der Waals surface area contributed by atoms with E-state index >= 15 is 0 Å². The molecule has 19 heavy (non-hydrogen) atoms. The first-order valence-electron chi connectivity index (χ1n) is 4.63. The molecular formula is C9H6F3N3O4. The minimum Gasteiger partial charge on any atom is -0.495 e. The van der Waals surface area contributed by atoms with Crippen molar-refractivity contribution < 1.29 is 27.6 Å². The fourth-order valence-corrected chi connectivity index (χ4v) is 1.30. The Morgan fingerprint density at radius 3 is 2.63 bits per heavy atom. The Bertz CT molecular complexity index is 539. The summed E-state index contributed by atoms with van der Waals surface area (Å²) in [6.45, 7) is 0. The van der Waals surface area contributed by atoms with Crippen LogP contribution in [0, 0.1) is 21.4 Å². The third-order valence-electron chi connectivity index (χ3n) is 1.96. The van der Waals surface area contributed by atoms with E-state index in [2.05, 4.69) is 9.72 Å². The molecule has 102 valence electrons. The molecule has 0 spiro atoms. The maximum absolute atomic E-state index is 12.1. The minimum absolute atomic E-state index is 0.164. The number of ether oxygens (including phenoxy) is 2. The maximum atomic E-state index is 12.1. The van der Waals surface area contributed by atoms with Gasteiger partial charge in [0.15, 0.2) is 0 Å². The Labute approximate surface area is 104 Å². The van der Waals surface area contributed by atoms with E-state index in [1.807, 2.05) is 0 Å². The lowest BCUT2D eigenvalue weighted by atomic mass is 10.1. The molecule has 1 rings (SSSR count). The van der Waals surface area contributed by atoms with Crippen LogP contribution in [0.25, 0.3) is 0 Å². The average Bonchev–Trinajstić information content (AvgIpc) is 2.27. The van der Waals surface area contributed by atoms with Gasteiger partial charge < -0.3 is 9.47 Å². The Kier molecular flexibility index (Phi) is 4.11.